The molecule has 0 bridgehead atoms. The van der Waals surface area contributed by atoms with Gasteiger partial charge in [-0.2, -0.15) is 0 Å². The van der Waals surface area contributed by atoms with Crippen molar-refractivity contribution in [3.8, 4) is 0 Å². The number of hydrogen-bond acceptors (Lipinski definition) is 2. The van der Waals surface area contributed by atoms with Crippen molar-refractivity contribution in [2.45, 2.75) is 46.3 Å². The Kier molecular flexibility index (Phi) is 2.96. The number of amides is 1. The molecule has 0 aromatic rings. The van der Waals surface area contributed by atoms with E-state index in [1.165, 1.54) is 0 Å². The minimum Gasteiger partial charge on any atom is -0.374 e. The number of hydrogen-bond donors (Lipinski definition) is 1. The summed E-state index contributed by atoms with van der Waals surface area (Å²) in [5.41, 5.74) is 0.0717. The SMILES string of the molecule is CC(C)(C)CC(O)N1CCCC1=O. The first-order valence-electron chi connectivity index (χ1n) is 4.88. The second-order valence-electron chi connectivity index (χ2n) is 4.94. The lowest BCUT2D eigenvalue weighted by Crippen LogP contribution is -2.38. The molecule has 0 aliphatic carbocycles. The normalized spacial score (nSPS) is 20.9. The van der Waals surface area contributed by atoms with Gasteiger partial charge in [0.15, 0.2) is 0 Å². The fourth-order valence-electron chi connectivity index (χ4n) is 1.64. The van der Waals surface area contributed by atoms with Gasteiger partial charge in [0.1, 0.15) is 6.23 Å². The number of aliphatic hydroxyl groups excluding tert-OH is 1. The van der Waals surface area contributed by atoms with Crippen molar-refractivity contribution in [2.75, 3.05) is 6.54 Å². The van der Waals surface area contributed by atoms with Crippen LogP contribution in [-0.4, -0.2) is 28.7 Å². The zero-order valence-corrected chi connectivity index (χ0v) is 8.71. The summed E-state index contributed by atoms with van der Waals surface area (Å²) in [5, 5.41) is 9.76. The molecule has 13 heavy (non-hydrogen) atoms. The van der Waals surface area contributed by atoms with Gasteiger partial charge in [0, 0.05) is 13.0 Å². The van der Waals surface area contributed by atoms with Gasteiger partial charge in [-0.1, -0.05) is 20.8 Å². The third-order valence-electron chi connectivity index (χ3n) is 2.26. The van der Waals surface area contributed by atoms with E-state index in [0.29, 0.717) is 12.8 Å². The van der Waals surface area contributed by atoms with Crippen molar-refractivity contribution in [1.82, 2.24) is 4.90 Å². The smallest absolute Gasteiger partial charge is 0.224 e. The van der Waals surface area contributed by atoms with Gasteiger partial charge >= 0.3 is 0 Å². The van der Waals surface area contributed by atoms with E-state index in [9.17, 15) is 9.90 Å². The molecule has 1 N–H and O–H groups in total. The van der Waals surface area contributed by atoms with E-state index in [4.69, 9.17) is 0 Å². The van der Waals surface area contributed by atoms with Crippen LogP contribution in [0.1, 0.15) is 40.0 Å². The molecule has 0 saturated carbocycles. The van der Waals surface area contributed by atoms with Gasteiger partial charge in [0.25, 0.3) is 0 Å². The predicted octanol–water partition coefficient (Wildman–Crippen LogP) is 1.36. The van der Waals surface area contributed by atoms with Crippen LogP contribution in [0.3, 0.4) is 0 Å². The van der Waals surface area contributed by atoms with Gasteiger partial charge in [-0.15, -0.1) is 0 Å². The quantitative estimate of drug-likeness (QED) is 0.705. The van der Waals surface area contributed by atoms with E-state index in [0.717, 1.165) is 13.0 Å². The van der Waals surface area contributed by atoms with Crippen LogP contribution < -0.4 is 0 Å². The Morgan fingerprint density at radius 3 is 2.54 bits per heavy atom. The molecule has 3 heteroatoms. The summed E-state index contributed by atoms with van der Waals surface area (Å²) in [6.45, 7) is 6.92. The Balaban J connectivity index is 2.47. The molecule has 0 aromatic heterocycles. The second kappa shape index (κ2) is 3.66. The van der Waals surface area contributed by atoms with Gasteiger partial charge in [-0.3, -0.25) is 4.79 Å². The number of carbonyl (C=O) groups excluding carboxylic acids is 1. The van der Waals surface area contributed by atoms with Crippen LogP contribution in [0.4, 0.5) is 0 Å². The second-order valence-corrected chi connectivity index (χ2v) is 4.94. The monoisotopic (exact) mass is 185 g/mol. The van der Waals surface area contributed by atoms with Crippen molar-refractivity contribution < 1.29 is 9.90 Å². The Morgan fingerprint density at radius 1 is 1.54 bits per heavy atom. The molecule has 1 aliphatic heterocycles. The van der Waals surface area contributed by atoms with Crippen molar-refractivity contribution in [2.24, 2.45) is 5.41 Å². The molecule has 1 fully saturated rings. The molecule has 1 rings (SSSR count). The summed E-state index contributed by atoms with van der Waals surface area (Å²) >= 11 is 0. The molecule has 3 nitrogen and oxygen atoms in total. The number of nitrogens with zero attached hydrogens (tertiary/aromatic N) is 1. The van der Waals surface area contributed by atoms with Crippen molar-refractivity contribution >= 4 is 5.91 Å². The Bertz CT molecular complexity index is 196. The lowest BCUT2D eigenvalue weighted by atomic mass is 9.91. The van der Waals surface area contributed by atoms with E-state index >= 15 is 0 Å². The van der Waals surface area contributed by atoms with E-state index in [1.54, 1.807) is 4.90 Å². The van der Waals surface area contributed by atoms with E-state index in [-0.39, 0.29) is 11.3 Å². The van der Waals surface area contributed by atoms with E-state index < -0.39 is 6.23 Å². The Hall–Kier alpha value is -0.570. The largest absolute Gasteiger partial charge is 0.374 e. The third-order valence-corrected chi connectivity index (χ3v) is 2.26. The first-order valence-corrected chi connectivity index (χ1v) is 4.88. The molecular weight excluding hydrogens is 166 g/mol. The first kappa shape index (κ1) is 10.5. The summed E-state index contributed by atoms with van der Waals surface area (Å²) in [4.78, 5) is 12.9. The summed E-state index contributed by atoms with van der Waals surface area (Å²) in [7, 11) is 0. The van der Waals surface area contributed by atoms with Gasteiger partial charge < -0.3 is 10.0 Å². The van der Waals surface area contributed by atoms with Crippen LogP contribution in [0.2, 0.25) is 0 Å². The molecule has 1 aliphatic rings. The molecule has 1 heterocycles. The summed E-state index contributed by atoms with van der Waals surface area (Å²) in [6, 6.07) is 0. The molecular formula is C10H19NO2. The predicted molar refractivity (Wildman–Crippen MR) is 51.0 cm³/mol. The Labute approximate surface area is 79.7 Å². The fourth-order valence-corrected chi connectivity index (χ4v) is 1.64. The highest BCUT2D eigenvalue weighted by molar-refractivity contribution is 5.78. The highest BCUT2D eigenvalue weighted by atomic mass is 16.3. The van der Waals surface area contributed by atoms with Crippen LogP contribution in [0, 0.1) is 5.41 Å². The lowest BCUT2D eigenvalue weighted by molar-refractivity contribution is -0.137. The molecule has 1 amide bonds. The van der Waals surface area contributed by atoms with Gasteiger partial charge in [0.05, 0.1) is 0 Å². The maximum absolute atomic E-state index is 11.3. The zero-order valence-electron chi connectivity index (χ0n) is 8.71. The highest BCUT2D eigenvalue weighted by Crippen LogP contribution is 2.24. The maximum atomic E-state index is 11.3. The topological polar surface area (TPSA) is 40.5 Å². The lowest BCUT2D eigenvalue weighted by Gasteiger charge is -2.28. The van der Waals surface area contributed by atoms with Crippen molar-refractivity contribution in [3.63, 3.8) is 0 Å². The molecule has 1 saturated heterocycles. The molecule has 1 unspecified atom stereocenters. The van der Waals surface area contributed by atoms with Crippen molar-refractivity contribution in [1.29, 1.82) is 0 Å². The number of carbonyl (C=O) groups is 1. The van der Waals surface area contributed by atoms with Crippen LogP contribution in [0.25, 0.3) is 0 Å². The molecule has 1 atom stereocenters. The van der Waals surface area contributed by atoms with E-state index in [2.05, 4.69) is 20.8 Å². The van der Waals surface area contributed by atoms with Gasteiger partial charge in [0.2, 0.25) is 5.91 Å². The fraction of sp³-hybridized carbons (Fsp3) is 0.900. The van der Waals surface area contributed by atoms with Crippen LogP contribution in [0.15, 0.2) is 0 Å². The number of likely N-dealkylation sites (tertiary alicyclic amines) is 1. The standard InChI is InChI=1S/C10H19NO2/c1-10(2,3)7-9(13)11-6-4-5-8(11)12/h9,13H,4-7H2,1-3H3. The molecule has 76 valence electrons. The average molecular weight is 185 g/mol. The third kappa shape index (κ3) is 2.99. The Morgan fingerprint density at radius 2 is 2.15 bits per heavy atom. The summed E-state index contributed by atoms with van der Waals surface area (Å²) in [6.07, 6.45) is 1.55. The molecule has 0 spiro atoms. The maximum Gasteiger partial charge on any atom is 0.224 e. The van der Waals surface area contributed by atoms with Gasteiger partial charge in [-0.25, -0.2) is 0 Å². The minimum atomic E-state index is -0.588. The number of aliphatic hydroxyl groups is 1. The first-order chi connectivity index (χ1) is 5.90. The van der Waals surface area contributed by atoms with Crippen LogP contribution in [-0.2, 0) is 4.79 Å². The highest BCUT2D eigenvalue weighted by Gasteiger charge is 2.29. The van der Waals surface area contributed by atoms with Crippen LogP contribution in [0.5, 0.6) is 0 Å². The summed E-state index contributed by atoms with van der Waals surface area (Å²) < 4.78 is 0. The van der Waals surface area contributed by atoms with Gasteiger partial charge in [-0.05, 0) is 18.3 Å². The van der Waals surface area contributed by atoms with Crippen LogP contribution >= 0.6 is 0 Å². The molecule has 0 aromatic carbocycles. The average Bonchev–Trinajstić information content (AvgIpc) is 2.30. The zero-order chi connectivity index (χ0) is 10.1. The minimum absolute atomic E-state index is 0.0717. The molecule has 0 radical (unpaired) electrons. The van der Waals surface area contributed by atoms with E-state index in [1.807, 2.05) is 0 Å². The van der Waals surface area contributed by atoms with Crippen molar-refractivity contribution in [3.05, 3.63) is 0 Å². The number of rotatable bonds is 2. The summed E-state index contributed by atoms with van der Waals surface area (Å²) in [5.74, 6) is 0.0942.